The van der Waals surface area contributed by atoms with Crippen molar-refractivity contribution >= 4 is 17.8 Å². The Balaban J connectivity index is 2.69. The first-order valence-corrected chi connectivity index (χ1v) is 7.39. The molecule has 0 aromatic heterocycles. The minimum atomic E-state index is -0.557. The summed E-state index contributed by atoms with van der Waals surface area (Å²) in [5, 5.41) is 0. The number of nitrogens with zero attached hydrogens (tertiary/aromatic N) is 1. The summed E-state index contributed by atoms with van der Waals surface area (Å²) in [6.45, 7) is 7.35. The maximum atomic E-state index is 12.3. The van der Waals surface area contributed by atoms with Gasteiger partial charge in [0.1, 0.15) is 5.60 Å². The molecule has 1 rings (SSSR count). The lowest BCUT2D eigenvalue weighted by atomic mass is 10.1. The topological polar surface area (TPSA) is 89.7 Å². The van der Waals surface area contributed by atoms with Crippen LogP contribution in [0.2, 0.25) is 0 Å². The van der Waals surface area contributed by atoms with E-state index >= 15 is 0 Å². The quantitative estimate of drug-likeness (QED) is 0.838. The molecule has 0 unspecified atom stereocenters. The van der Waals surface area contributed by atoms with E-state index in [0.29, 0.717) is 11.1 Å². The summed E-state index contributed by atoms with van der Waals surface area (Å²) in [5.41, 5.74) is 5.37. The molecule has 0 spiro atoms. The van der Waals surface area contributed by atoms with Crippen molar-refractivity contribution in [3.63, 3.8) is 0 Å². The van der Waals surface area contributed by atoms with E-state index in [1.807, 2.05) is 0 Å². The number of amides is 2. The van der Waals surface area contributed by atoms with Crippen LogP contribution in [-0.4, -0.2) is 41.9 Å². The van der Waals surface area contributed by atoms with E-state index in [-0.39, 0.29) is 18.4 Å². The van der Waals surface area contributed by atoms with Crippen LogP contribution in [0.25, 0.3) is 0 Å². The summed E-state index contributed by atoms with van der Waals surface area (Å²) < 4.78 is 5.30. The van der Waals surface area contributed by atoms with Gasteiger partial charge < -0.3 is 15.4 Å². The van der Waals surface area contributed by atoms with Crippen LogP contribution >= 0.6 is 0 Å². The number of benzene rings is 1. The third-order valence-electron chi connectivity index (χ3n) is 3.12. The Labute approximate surface area is 136 Å². The monoisotopic (exact) mass is 320 g/mol. The van der Waals surface area contributed by atoms with Crippen molar-refractivity contribution in [3.05, 3.63) is 35.4 Å². The van der Waals surface area contributed by atoms with Gasteiger partial charge >= 0.3 is 5.97 Å². The van der Waals surface area contributed by atoms with Crippen LogP contribution < -0.4 is 5.73 Å². The van der Waals surface area contributed by atoms with Crippen LogP contribution in [0.15, 0.2) is 24.3 Å². The van der Waals surface area contributed by atoms with E-state index in [1.54, 1.807) is 34.7 Å². The minimum Gasteiger partial charge on any atom is -0.460 e. The first-order chi connectivity index (χ1) is 10.5. The second-order valence-corrected chi connectivity index (χ2v) is 6.56. The van der Waals surface area contributed by atoms with E-state index in [2.05, 4.69) is 0 Å². The number of nitrogens with two attached hydrogens (primary N) is 1. The Kier molecular flexibility index (Phi) is 5.90. The summed E-state index contributed by atoms with van der Waals surface area (Å²) in [6.07, 6.45) is 0. The van der Waals surface area contributed by atoms with E-state index in [4.69, 9.17) is 10.5 Å². The molecule has 2 N–H and O–H groups in total. The Morgan fingerprint density at radius 1 is 1.13 bits per heavy atom. The zero-order valence-electron chi connectivity index (χ0n) is 14.3. The van der Waals surface area contributed by atoms with Gasteiger partial charge in [0.05, 0.1) is 5.92 Å². The molecular weight excluding hydrogens is 296 g/mol. The van der Waals surface area contributed by atoms with Crippen LogP contribution in [0, 0.1) is 5.92 Å². The van der Waals surface area contributed by atoms with E-state index in [0.717, 1.165) is 0 Å². The molecule has 1 atom stereocenters. The number of rotatable bonds is 5. The summed E-state index contributed by atoms with van der Waals surface area (Å²) in [5.74, 6) is -1.57. The van der Waals surface area contributed by atoms with Crippen molar-refractivity contribution in [1.29, 1.82) is 0 Å². The molecule has 0 bridgehead atoms. The van der Waals surface area contributed by atoms with Gasteiger partial charge in [0, 0.05) is 24.7 Å². The molecule has 0 fully saturated rings. The summed E-state index contributed by atoms with van der Waals surface area (Å²) >= 11 is 0. The molecule has 1 aromatic carbocycles. The Bertz CT molecular complexity index is 588. The summed E-state index contributed by atoms with van der Waals surface area (Å²) in [7, 11) is 1.62. The van der Waals surface area contributed by atoms with Crippen molar-refractivity contribution in [2.45, 2.75) is 33.3 Å². The molecule has 0 aliphatic rings. The van der Waals surface area contributed by atoms with Crippen LogP contribution in [-0.2, 0) is 9.53 Å². The largest absolute Gasteiger partial charge is 0.460 e. The molecule has 1 aromatic rings. The predicted molar refractivity (Wildman–Crippen MR) is 86.9 cm³/mol. The predicted octanol–water partition coefficient (Wildman–Crippen LogP) is 1.84. The molecule has 0 heterocycles. The molecule has 0 aliphatic carbocycles. The number of hydrogen-bond donors (Lipinski definition) is 1. The van der Waals surface area contributed by atoms with Crippen LogP contribution in [0.4, 0.5) is 0 Å². The van der Waals surface area contributed by atoms with Gasteiger partial charge in [-0.1, -0.05) is 6.92 Å². The maximum absolute atomic E-state index is 12.3. The highest BCUT2D eigenvalue weighted by molar-refractivity contribution is 5.97. The molecule has 6 nitrogen and oxygen atoms in total. The van der Waals surface area contributed by atoms with E-state index in [9.17, 15) is 14.4 Å². The van der Waals surface area contributed by atoms with Gasteiger partial charge in [0.15, 0.2) is 0 Å². The maximum Gasteiger partial charge on any atom is 0.310 e. The number of carbonyl (C=O) groups excluding carboxylic acids is 3. The molecule has 6 heteroatoms. The number of carbonyl (C=O) groups is 3. The molecule has 0 saturated carbocycles. The smallest absolute Gasteiger partial charge is 0.310 e. The molecular formula is C17H24N2O4. The van der Waals surface area contributed by atoms with Gasteiger partial charge in [-0.05, 0) is 45.0 Å². The van der Waals surface area contributed by atoms with Gasteiger partial charge in [-0.3, -0.25) is 14.4 Å². The Morgan fingerprint density at radius 2 is 1.61 bits per heavy atom. The molecule has 126 valence electrons. The summed E-state index contributed by atoms with van der Waals surface area (Å²) in [4.78, 5) is 36.8. The highest BCUT2D eigenvalue weighted by atomic mass is 16.6. The highest BCUT2D eigenvalue weighted by Gasteiger charge is 2.24. The third-order valence-corrected chi connectivity index (χ3v) is 3.12. The lowest BCUT2D eigenvalue weighted by Gasteiger charge is -2.25. The van der Waals surface area contributed by atoms with Crippen molar-refractivity contribution < 1.29 is 19.1 Å². The van der Waals surface area contributed by atoms with Crippen molar-refractivity contribution in [2.75, 3.05) is 13.6 Å². The standard InChI is InChI=1S/C17H24N2O4/c1-11(16(22)23-17(2,3)4)10-19(5)15(21)13-8-6-12(7-9-13)14(18)20/h6-9,11H,10H2,1-5H3,(H2,18,20)/t11-/m0/s1. The second-order valence-electron chi connectivity index (χ2n) is 6.56. The van der Waals surface area contributed by atoms with E-state index in [1.165, 1.54) is 29.2 Å². The number of hydrogen-bond acceptors (Lipinski definition) is 4. The lowest BCUT2D eigenvalue weighted by Crippen LogP contribution is -2.36. The third kappa shape index (κ3) is 5.73. The van der Waals surface area contributed by atoms with Gasteiger partial charge in [-0.15, -0.1) is 0 Å². The fourth-order valence-corrected chi connectivity index (χ4v) is 1.97. The van der Waals surface area contributed by atoms with Crippen LogP contribution in [0.5, 0.6) is 0 Å². The second kappa shape index (κ2) is 7.26. The van der Waals surface area contributed by atoms with Crippen molar-refractivity contribution in [2.24, 2.45) is 11.7 Å². The normalized spacial score (nSPS) is 12.4. The van der Waals surface area contributed by atoms with Crippen molar-refractivity contribution in [3.8, 4) is 0 Å². The first kappa shape index (κ1) is 18.7. The fourth-order valence-electron chi connectivity index (χ4n) is 1.97. The molecule has 0 aliphatic heterocycles. The fraction of sp³-hybridized carbons (Fsp3) is 0.471. The highest BCUT2D eigenvalue weighted by Crippen LogP contribution is 2.13. The Morgan fingerprint density at radius 3 is 2.04 bits per heavy atom. The summed E-state index contributed by atoms with van der Waals surface area (Å²) in [6, 6.07) is 6.08. The van der Waals surface area contributed by atoms with Crippen LogP contribution in [0.3, 0.4) is 0 Å². The lowest BCUT2D eigenvalue weighted by molar-refractivity contribution is -0.159. The minimum absolute atomic E-state index is 0.239. The Hall–Kier alpha value is -2.37. The van der Waals surface area contributed by atoms with Crippen molar-refractivity contribution in [1.82, 2.24) is 4.90 Å². The number of esters is 1. The van der Waals surface area contributed by atoms with Gasteiger partial charge in [-0.2, -0.15) is 0 Å². The molecule has 0 radical (unpaired) electrons. The number of ether oxygens (including phenoxy) is 1. The van der Waals surface area contributed by atoms with Gasteiger partial charge in [-0.25, -0.2) is 0 Å². The zero-order valence-corrected chi connectivity index (χ0v) is 14.3. The van der Waals surface area contributed by atoms with Gasteiger partial charge in [0.25, 0.3) is 5.91 Å². The van der Waals surface area contributed by atoms with E-state index < -0.39 is 17.4 Å². The number of primary amides is 1. The molecule has 0 saturated heterocycles. The first-order valence-electron chi connectivity index (χ1n) is 7.39. The molecule has 2 amide bonds. The van der Waals surface area contributed by atoms with Crippen LogP contribution in [0.1, 0.15) is 48.4 Å². The zero-order chi connectivity index (χ0) is 17.8. The average molecular weight is 320 g/mol. The van der Waals surface area contributed by atoms with Gasteiger partial charge in [0.2, 0.25) is 5.91 Å². The average Bonchev–Trinajstić information content (AvgIpc) is 2.44. The molecule has 23 heavy (non-hydrogen) atoms. The SMILES string of the molecule is C[C@@H](CN(C)C(=O)c1ccc(C(N)=O)cc1)C(=O)OC(C)(C)C.